The highest BCUT2D eigenvalue weighted by Crippen LogP contribution is 2.19. The van der Waals surface area contributed by atoms with Gasteiger partial charge >= 0.3 is 6.18 Å². The lowest BCUT2D eigenvalue weighted by molar-refractivity contribution is -0.153. The van der Waals surface area contributed by atoms with Crippen molar-refractivity contribution in [2.24, 2.45) is 4.99 Å². The van der Waals surface area contributed by atoms with Crippen molar-refractivity contribution in [3.05, 3.63) is 29.8 Å². The van der Waals surface area contributed by atoms with E-state index < -0.39 is 12.8 Å². The monoisotopic (exact) mass is 402 g/mol. The minimum Gasteiger partial charge on any atom is -0.484 e. The summed E-state index contributed by atoms with van der Waals surface area (Å²) in [6.07, 6.45) is -3.36. The Balaban J connectivity index is 1.79. The number of ether oxygens (including phenoxy) is 2. The smallest absolute Gasteiger partial charge is 0.422 e. The Hall–Kier alpha value is -2.00. The molecular weight excluding hydrogens is 373 g/mol. The third kappa shape index (κ3) is 9.27. The number of hydrogen-bond donors (Lipinski definition) is 2. The van der Waals surface area contributed by atoms with Crippen LogP contribution >= 0.6 is 0 Å². The predicted molar refractivity (Wildman–Crippen MR) is 103 cm³/mol. The summed E-state index contributed by atoms with van der Waals surface area (Å²) in [5, 5.41) is 6.47. The molecule has 0 radical (unpaired) electrons. The normalized spacial score (nSPS) is 16.1. The zero-order valence-corrected chi connectivity index (χ0v) is 16.2. The van der Waals surface area contributed by atoms with Crippen molar-refractivity contribution in [2.45, 2.75) is 26.1 Å². The van der Waals surface area contributed by atoms with Gasteiger partial charge in [0, 0.05) is 26.2 Å². The molecule has 1 saturated heterocycles. The van der Waals surface area contributed by atoms with E-state index in [0.29, 0.717) is 12.5 Å². The third-order valence-corrected chi connectivity index (χ3v) is 4.11. The van der Waals surface area contributed by atoms with Gasteiger partial charge in [0.25, 0.3) is 0 Å². The summed E-state index contributed by atoms with van der Waals surface area (Å²) < 4.78 is 46.9. The number of rotatable bonds is 9. The average Bonchev–Trinajstić information content (AvgIpc) is 2.68. The van der Waals surface area contributed by atoms with Gasteiger partial charge in [-0.3, -0.25) is 4.90 Å². The molecule has 1 aliphatic rings. The molecule has 0 saturated carbocycles. The van der Waals surface area contributed by atoms with Gasteiger partial charge in [-0.05, 0) is 37.6 Å². The molecule has 158 valence electrons. The molecule has 2 N–H and O–H groups in total. The topological polar surface area (TPSA) is 58.1 Å². The Morgan fingerprint density at radius 2 is 2.04 bits per heavy atom. The van der Waals surface area contributed by atoms with Crippen molar-refractivity contribution >= 4 is 5.96 Å². The van der Waals surface area contributed by atoms with Crippen molar-refractivity contribution < 1.29 is 22.6 Å². The van der Waals surface area contributed by atoms with Gasteiger partial charge in [-0.25, -0.2) is 4.99 Å². The van der Waals surface area contributed by atoms with E-state index >= 15 is 0 Å². The number of halogens is 3. The van der Waals surface area contributed by atoms with E-state index in [1.807, 2.05) is 13.0 Å². The van der Waals surface area contributed by atoms with Gasteiger partial charge in [-0.1, -0.05) is 12.1 Å². The quantitative estimate of drug-likeness (QED) is 0.377. The first-order chi connectivity index (χ1) is 13.5. The highest BCUT2D eigenvalue weighted by atomic mass is 19.4. The molecule has 0 aliphatic carbocycles. The molecule has 1 aromatic rings. The Morgan fingerprint density at radius 3 is 2.75 bits per heavy atom. The van der Waals surface area contributed by atoms with Gasteiger partial charge in [-0.15, -0.1) is 0 Å². The lowest BCUT2D eigenvalue weighted by Crippen LogP contribution is -2.40. The van der Waals surface area contributed by atoms with Crippen molar-refractivity contribution in [1.29, 1.82) is 0 Å². The van der Waals surface area contributed by atoms with Gasteiger partial charge in [0.1, 0.15) is 5.75 Å². The molecule has 6 nitrogen and oxygen atoms in total. The predicted octanol–water partition coefficient (Wildman–Crippen LogP) is 2.41. The van der Waals surface area contributed by atoms with Crippen molar-refractivity contribution in [2.75, 3.05) is 52.5 Å². The molecule has 0 spiro atoms. The summed E-state index contributed by atoms with van der Waals surface area (Å²) >= 11 is 0. The molecular formula is C19H29F3N4O2. The Labute approximate surface area is 164 Å². The zero-order valence-electron chi connectivity index (χ0n) is 16.2. The van der Waals surface area contributed by atoms with E-state index in [1.54, 1.807) is 12.1 Å². The number of nitrogens with one attached hydrogen (secondary N) is 2. The van der Waals surface area contributed by atoms with Crippen molar-refractivity contribution in [1.82, 2.24) is 15.5 Å². The van der Waals surface area contributed by atoms with E-state index in [1.165, 1.54) is 6.07 Å². The first-order valence-corrected chi connectivity index (χ1v) is 9.57. The van der Waals surface area contributed by atoms with Crippen LogP contribution in [0.15, 0.2) is 29.3 Å². The van der Waals surface area contributed by atoms with Crippen LogP contribution in [0.2, 0.25) is 0 Å². The Kier molecular flexibility index (Phi) is 9.36. The average molecular weight is 402 g/mol. The summed E-state index contributed by atoms with van der Waals surface area (Å²) in [5.41, 5.74) is 0.783. The summed E-state index contributed by atoms with van der Waals surface area (Å²) in [6, 6.07) is 6.57. The molecule has 2 rings (SSSR count). The maximum atomic E-state index is 12.3. The van der Waals surface area contributed by atoms with Gasteiger partial charge in [0.2, 0.25) is 0 Å². The Morgan fingerprint density at radius 1 is 1.25 bits per heavy atom. The lowest BCUT2D eigenvalue weighted by atomic mass is 10.2. The molecule has 0 aromatic heterocycles. The number of hydrogen-bond acceptors (Lipinski definition) is 4. The second kappa shape index (κ2) is 11.8. The molecule has 1 fully saturated rings. The maximum Gasteiger partial charge on any atom is 0.422 e. The number of nitrogens with zero attached hydrogens (tertiary/aromatic N) is 2. The van der Waals surface area contributed by atoms with E-state index in [9.17, 15) is 13.2 Å². The minimum atomic E-state index is -4.35. The molecule has 0 atom stereocenters. The van der Waals surface area contributed by atoms with Crippen LogP contribution in [-0.2, 0) is 11.3 Å². The van der Waals surface area contributed by atoms with Gasteiger partial charge in [0.15, 0.2) is 12.6 Å². The van der Waals surface area contributed by atoms with Crippen LogP contribution in [0, 0.1) is 0 Å². The Bertz CT molecular complexity index is 605. The van der Waals surface area contributed by atoms with Gasteiger partial charge < -0.3 is 20.1 Å². The largest absolute Gasteiger partial charge is 0.484 e. The van der Waals surface area contributed by atoms with E-state index in [-0.39, 0.29) is 5.75 Å². The summed E-state index contributed by atoms with van der Waals surface area (Å²) in [6.45, 7) is 7.09. The van der Waals surface area contributed by atoms with Crippen molar-refractivity contribution in [3.8, 4) is 5.75 Å². The van der Waals surface area contributed by atoms with Crippen LogP contribution in [0.3, 0.4) is 0 Å². The molecule has 0 amide bonds. The fourth-order valence-electron chi connectivity index (χ4n) is 2.75. The summed E-state index contributed by atoms with van der Waals surface area (Å²) in [5.74, 6) is 0.875. The van der Waals surface area contributed by atoms with Crippen molar-refractivity contribution in [3.63, 3.8) is 0 Å². The highest BCUT2D eigenvalue weighted by Gasteiger charge is 2.28. The minimum absolute atomic E-state index is 0.188. The molecule has 1 aliphatic heterocycles. The number of alkyl halides is 3. The number of benzene rings is 1. The summed E-state index contributed by atoms with van der Waals surface area (Å²) in [7, 11) is 0. The fourth-order valence-corrected chi connectivity index (χ4v) is 2.75. The van der Waals surface area contributed by atoms with Crippen LogP contribution in [0.25, 0.3) is 0 Å². The first-order valence-electron chi connectivity index (χ1n) is 9.57. The van der Waals surface area contributed by atoms with Crippen LogP contribution < -0.4 is 15.4 Å². The van der Waals surface area contributed by atoms with Crippen LogP contribution in [-0.4, -0.2) is 69.6 Å². The molecule has 0 unspecified atom stereocenters. The van der Waals surface area contributed by atoms with Gasteiger partial charge in [0.05, 0.1) is 19.8 Å². The maximum absolute atomic E-state index is 12.3. The fraction of sp³-hybridized carbons (Fsp3) is 0.632. The zero-order chi connectivity index (χ0) is 20.2. The van der Waals surface area contributed by atoms with Crippen LogP contribution in [0.4, 0.5) is 13.2 Å². The lowest BCUT2D eigenvalue weighted by Gasteiger charge is -2.26. The van der Waals surface area contributed by atoms with E-state index in [0.717, 1.165) is 57.9 Å². The second-order valence-corrected chi connectivity index (χ2v) is 6.48. The van der Waals surface area contributed by atoms with E-state index in [4.69, 9.17) is 9.47 Å². The molecule has 1 heterocycles. The SMILES string of the molecule is CCNC(=NCc1cccc(OCC(F)(F)F)c1)NCCCN1CCOCC1. The molecule has 28 heavy (non-hydrogen) atoms. The molecule has 1 aromatic carbocycles. The summed E-state index contributed by atoms with van der Waals surface area (Å²) in [4.78, 5) is 6.88. The van der Waals surface area contributed by atoms with Gasteiger partial charge in [-0.2, -0.15) is 13.2 Å². The highest BCUT2D eigenvalue weighted by molar-refractivity contribution is 5.79. The number of morpholine rings is 1. The number of guanidine groups is 1. The first kappa shape index (κ1) is 22.3. The second-order valence-electron chi connectivity index (χ2n) is 6.48. The standard InChI is InChI=1S/C19H29F3N4O2/c1-2-23-18(24-7-4-8-26-9-11-27-12-10-26)25-14-16-5-3-6-17(13-16)28-15-19(20,21)22/h3,5-6,13H,2,4,7-12,14-15H2,1H3,(H2,23,24,25). The number of aliphatic imine (C=N–C) groups is 1. The third-order valence-electron chi connectivity index (χ3n) is 4.11. The molecule has 9 heteroatoms. The van der Waals surface area contributed by atoms with E-state index in [2.05, 4.69) is 20.5 Å². The van der Waals surface area contributed by atoms with Crippen LogP contribution in [0.5, 0.6) is 5.75 Å². The van der Waals surface area contributed by atoms with Crippen LogP contribution in [0.1, 0.15) is 18.9 Å². The molecule has 0 bridgehead atoms.